The molecule has 3 rings (SSSR count). The molecule has 0 aliphatic carbocycles. The molecule has 8 heteroatoms. The predicted octanol–water partition coefficient (Wildman–Crippen LogP) is 6.70. The van der Waals surface area contributed by atoms with Crippen LogP contribution in [-0.2, 0) is 9.53 Å². The number of unbranched alkanes of at least 4 members (excludes halogenated alkanes) is 1. The highest BCUT2D eigenvalue weighted by Crippen LogP contribution is 2.33. The van der Waals surface area contributed by atoms with Crippen molar-refractivity contribution >= 4 is 45.0 Å². The summed E-state index contributed by atoms with van der Waals surface area (Å²) in [5, 5.41) is 15.8. The summed E-state index contributed by atoms with van der Waals surface area (Å²) < 4.78 is 6.44. The first-order chi connectivity index (χ1) is 16.8. The van der Waals surface area contributed by atoms with Gasteiger partial charge in [0.15, 0.2) is 0 Å². The van der Waals surface area contributed by atoms with E-state index in [9.17, 15) is 14.7 Å². The van der Waals surface area contributed by atoms with E-state index < -0.39 is 12.2 Å². The highest BCUT2D eigenvalue weighted by molar-refractivity contribution is 9.10. The van der Waals surface area contributed by atoms with Gasteiger partial charge in [-0.1, -0.05) is 51.8 Å². The number of rotatable bonds is 9. The molecule has 5 N–H and O–H groups in total. The summed E-state index contributed by atoms with van der Waals surface area (Å²) in [6.45, 7) is 1.96. The van der Waals surface area contributed by atoms with Gasteiger partial charge in [-0.2, -0.15) is 0 Å². The van der Waals surface area contributed by atoms with E-state index >= 15 is 0 Å². The number of benzene rings is 3. The molecule has 0 heterocycles. The molecule has 0 aromatic heterocycles. The molecule has 0 bridgehead atoms. The van der Waals surface area contributed by atoms with E-state index in [-0.39, 0.29) is 11.7 Å². The van der Waals surface area contributed by atoms with Crippen LogP contribution < -0.4 is 16.4 Å². The highest BCUT2D eigenvalue weighted by atomic mass is 79.9. The average Bonchev–Trinajstić information content (AvgIpc) is 2.82. The molecule has 35 heavy (non-hydrogen) atoms. The third-order valence-electron chi connectivity index (χ3n) is 5.21. The van der Waals surface area contributed by atoms with Gasteiger partial charge in [-0.05, 0) is 74.7 Å². The Bertz CT molecular complexity index is 1200. The molecule has 0 aliphatic rings. The fourth-order valence-corrected chi connectivity index (χ4v) is 3.75. The van der Waals surface area contributed by atoms with Gasteiger partial charge in [0, 0.05) is 15.7 Å². The molecule has 0 fully saturated rings. The van der Waals surface area contributed by atoms with Crippen LogP contribution in [0.3, 0.4) is 0 Å². The summed E-state index contributed by atoms with van der Waals surface area (Å²) in [6, 6.07) is 19.4. The van der Waals surface area contributed by atoms with Crippen LogP contribution in [0.5, 0.6) is 5.75 Å². The van der Waals surface area contributed by atoms with Crippen LogP contribution in [0.25, 0.3) is 0 Å². The summed E-state index contributed by atoms with van der Waals surface area (Å²) in [5.41, 5.74) is 9.09. The lowest BCUT2D eigenvalue weighted by Gasteiger charge is -2.20. The van der Waals surface area contributed by atoms with Crippen molar-refractivity contribution in [2.45, 2.75) is 32.3 Å². The van der Waals surface area contributed by atoms with E-state index in [2.05, 4.69) is 26.6 Å². The minimum atomic E-state index is -0.677. The van der Waals surface area contributed by atoms with E-state index in [0.717, 1.165) is 10.0 Å². The molecule has 0 aliphatic heterocycles. The Morgan fingerprint density at radius 2 is 1.83 bits per heavy atom. The fraction of sp³-hybridized carbons (Fsp3) is 0.185. The van der Waals surface area contributed by atoms with Crippen molar-refractivity contribution in [2.24, 2.45) is 0 Å². The quantitative estimate of drug-likeness (QED) is 0.138. The van der Waals surface area contributed by atoms with Crippen molar-refractivity contribution in [2.75, 3.05) is 16.4 Å². The molecule has 0 spiro atoms. The SMILES string of the molecule is Cc1ccc(NC(=O)O[C@H](CCC/C=C/C(=O)Nc2ccccc2N)c2cc(Br)ccc2O)cc1. The van der Waals surface area contributed by atoms with Gasteiger partial charge in [0.25, 0.3) is 0 Å². The lowest BCUT2D eigenvalue weighted by atomic mass is 10.0. The molecule has 1 atom stereocenters. The lowest BCUT2D eigenvalue weighted by Crippen LogP contribution is -2.18. The highest BCUT2D eigenvalue weighted by Gasteiger charge is 2.20. The Hall–Kier alpha value is -3.78. The Kier molecular flexibility index (Phi) is 9.31. The molecule has 0 saturated heterocycles. The maximum absolute atomic E-state index is 12.6. The zero-order chi connectivity index (χ0) is 25.2. The number of nitrogens with one attached hydrogen (secondary N) is 2. The molecule has 3 aromatic rings. The number of phenolic OH excluding ortho intramolecular Hbond substituents is 1. The molecular formula is C27H28BrN3O4. The number of para-hydroxylation sites is 2. The summed E-state index contributed by atoms with van der Waals surface area (Å²) in [6.07, 6.45) is 3.54. The molecule has 182 valence electrons. The first kappa shape index (κ1) is 25.8. The number of aromatic hydroxyl groups is 1. The van der Waals surface area contributed by atoms with Gasteiger partial charge in [-0.15, -0.1) is 0 Å². The number of nitrogen functional groups attached to an aromatic ring is 1. The number of ether oxygens (including phenoxy) is 1. The number of halogens is 1. The third-order valence-corrected chi connectivity index (χ3v) is 5.70. The van der Waals surface area contributed by atoms with Crippen LogP contribution in [0.2, 0.25) is 0 Å². The van der Waals surface area contributed by atoms with Gasteiger partial charge in [0.05, 0.1) is 11.4 Å². The van der Waals surface area contributed by atoms with Crippen LogP contribution >= 0.6 is 15.9 Å². The van der Waals surface area contributed by atoms with Crippen molar-refractivity contribution in [1.82, 2.24) is 0 Å². The van der Waals surface area contributed by atoms with Gasteiger partial charge in [0.1, 0.15) is 11.9 Å². The Labute approximate surface area is 213 Å². The van der Waals surface area contributed by atoms with Crippen molar-refractivity contribution in [3.63, 3.8) is 0 Å². The lowest BCUT2D eigenvalue weighted by molar-refractivity contribution is -0.111. The molecular weight excluding hydrogens is 510 g/mol. The van der Waals surface area contributed by atoms with Crippen molar-refractivity contribution in [3.05, 3.63) is 94.5 Å². The Balaban J connectivity index is 1.59. The first-order valence-electron chi connectivity index (χ1n) is 11.2. The summed E-state index contributed by atoms with van der Waals surface area (Å²) >= 11 is 3.40. The van der Waals surface area contributed by atoms with Crippen molar-refractivity contribution < 1.29 is 19.4 Å². The zero-order valence-electron chi connectivity index (χ0n) is 19.3. The van der Waals surface area contributed by atoms with E-state index in [1.807, 2.05) is 19.1 Å². The van der Waals surface area contributed by atoms with Gasteiger partial charge in [0.2, 0.25) is 5.91 Å². The number of carbonyl (C=O) groups excluding carboxylic acids is 2. The first-order valence-corrected chi connectivity index (χ1v) is 12.0. The molecule has 0 unspecified atom stereocenters. The number of amides is 2. The minimum absolute atomic E-state index is 0.0386. The number of phenols is 1. The third kappa shape index (κ3) is 8.19. The zero-order valence-corrected chi connectivity index (χ0v) is 20.9. The second-order valence-electron chi connectivity index (χ2n) is 8.00. The van der Waals surface area contributed by atoms with Gasteiger partial charge in [-0.25, -0.2) is 4.79 Å². The summed E-state index contributed by atoms with van der Waals surface area (Å²) in [7, 11) is 0. The van der Waals surface area contributed by atoms with E-state index in [1.165, 1.54) is 6.08 Å². The van der Waals surface area contributed by atoms with Crippen molar-refractivity contribution in [3.8, 4) is 5.75 Å². The number of anilines is 3. The largest absolute Gasteiger partial charge is 0.508 e. The maximum atomic E-state index is 12.6. The Morgan fingerprint density at radius 1 is 1.09 bits per heavy atom. The maximum Gasteiger partial charge on any atom is 0.412 e. The smallest absolute Gasteiger partial charge is 0.412 e. The van der Waals surface area contributed by atoms with Crippen LogP contribution in [0.1, 0.15) is 36.5 Å². The molecule has 0 radical (unpaired) electrons. The summed E-state index contributed by atoms with van der Waals surface area (Å²) in [4.78, 5) is 24.7. The fourth-order valence-electron chi connectivity index (χ4n) is 3.37. The number of carbonyl (C=O) groups is 2. The van der Waals surface area contributed by atoms with Crippen LogP contribution in [0.15, 0.2) is 83.4 Å². The average molecular weight is 538 g/mol. The van der Waals surface area contributed by atoms with Crippen LogP contribution in [0, 0.1) is 6.92 Å². The normalized spacial score (nSPS) is 11.7. The predicted molar refractivity (Wildman–Crippen MR) is 142 cm³/mol. The Morgan fingerprint density at radius 3 is 2.57 bits per heavy atom. The van der Waals surface area contributed by atoms with E-state index in [0.29, 0.717) is 41.9 Å². The summed E-state index contributed by atoms with van der Waals surface area (Å²) in [5.74, 6) is -0.241. The molecule has 7 nitrogen and oxygen atoms in total. The topological polar surface area (TPSA) is 114 Å². The monoisotopic (exact) mass is 537 g/mol. The van der Waals surface area contributed by atoms with Gasteiger partial charge in [-0.3, -0.25) is 10.1 Å². The standard InChI is InChI=1S/C27H28BrN3O4/c1-18-11-14-20(15-12-18)30-27(34)35-25(21-17-19(28)13-16-24(21)32)9-3-2-4-10-26(33)31-23-8-6-5-7-22(23)29/h4-8,10-17,25,32H,2-3,9,29H2,1H3,(H,30,34)(H,31,33)/b10-4+/t25-/m1/s1. The molecule has 3 aromatic carbocycles. The number of nitrogens with two attached hydrogens (primary N) is 1. The van der Waals surface area contributed by atoms with E-state index in [4.69, 9.17) is 10.5 Å². The van der Waals surface area contributed by atoms with Crippen molar-refractivity contribution in [1.29, 1.82) is 0 Å². The number of hydrogen-bond acceptors (Lipinski definition) is 5. The minimum Gasteiger partial charge on any atom is -0.508 e. The van der Waals surface area contributed by atoms with Gasteiger partial charge >= 0.3 is 6.09 Å². The number of hydrogen-bond donors (Lipinski definition) is 4. The molecule has 2 amide bonds. The molecule has 0 saturated carbocycles. The second-order valence-corrected chi connectivity index (χ2v) is 8.91. The van der Waals surface area contributed by atoms with E-state index in [1.54, 1.807) is 60.7 Å². The van der Waals surface area contributed by atoms with Crippen LogP contribution in [0.4, 0.5) is 21.9 Å². The number of allylic oxidation sites excluding steroid dienone is 1. The van der Waals surface area contributed by atoms with Crippen LogP contribution in [-0.4, -0.2) is 17.1 Å². The van der Waals surface area contributed by atoms with Gasteiger partial charge < -0.3 is 20.9 Å². The number of aryl methyl sites for hydroxylation is 1. The second kappa shape index (κ2) is 12.6.